The van der Waals surface area contributed by atoms with Crippen LogP contribution in [0.1, 0.15) is 5.69 Å². The van der Waals surface area contributed by atoms with Crippen molar-refractivity contribution in [2.24, 2.45) is 5.16 Å². The van der Waals surface area contributed by atoms with Crippen molar-refractivity contribution in [3.05, 3.63) is 11.1 Å². The predicted octanol–water partition coefficient (Wildman–Crippen LogP) is 0.236. The number of anilines is 1. The topological polar surface area (TPSA) is 77.6 Å². The number of hydrogen-bond acceptors (Lipinski definition) is 6. The number of nitrogens with two attached hydrogens (primary N) is 1. The Morgan fingerprint density at radius 1 is 1.92 bits per heavy atom. The van der Waals surface area contributed by atoms with Crippen LogP contribution >= 0.6 is 11.3 Å². The number of oxime groups is 1. The van der Waals surface area contributed by atoms with Crippen LogP contribution < -0.4 is 5.73 Å². The highest BCUT2D eigenvalue weighted by Gasteiger charge is 2.06. The fourth-order valence-corrected chi connectivity index (χ4v) is 1.17. The molecule has 66 valence electrons. The van der Waals surface area contributed by atoms with Gasteiger partial charge < -0.3 is 10.6 Å². The second kappa shape index (κ2) is 4.23. The normalized spacial score (nSPS) is 10.5. The lowest BCUT2D eigenvalue weighted by atomic mass is 10.3. The minimum Gasteiger partial charge on any atom is -0.375 e. The molecule has 1 rings (SSSR count). The van der Waals surface area contributed by atoms with Gasteiger partial charge in [-0.3, -0.25) is 4.79 Å². The molecule has 0 aliphatic heterocycles. The molecule has 1 aromatic heterocycles. The molecular formula is C7H5N3O2S. The summed E-state index contributed by atoms with van der Waals surface area (Å²) >= 11 is 1.20. The van der Waals surface area contributed by atoms with E-state index in [-0.39, 0.29) is 5.71 Å². The number of thiazole rings is 1. The molecule has 1 aromatic rings. The fourth-order valence-electron chi connectivity index (χ4n) is 0.609. The Labute approximate surface area is 78.2 Å². The van der Waals surface area contributed by atoms with Crippen molar-refractivity contribution >= 4 is 28.5 Å². The maximum atomic E-state index is 10.5. The van der Waals surface area contributed by atoms with E-state index in [1.165, 1.54) is 11.3 Å². The minimum atomic E-state index is 0.0194. The number of nitrogen functional groups attached to an aromatic ring is 1. The fraction of sp³-hybridized carbons (Fsp3) is 0. The Morgan fingerprint density at radius 2 is 2.69 bits per heavy atom. The molecule has 0 spiro atoms. The molecule has 0 radical (unpaired) electrons. The summed E-state index contributed by atoms with van der Waals surface area (Å²) in [6.45, 7) is 0. The van der Waals surface area contributed by atoms with Gasteiger partial charge in [-0.05, 0) is 0 Å². The van der Waals surface area contributed by atoms with Crippen LogP contribution in [0.25, 0.3) is 0 Å². The summed E-state index contributed by atoms with van der Waals surface area (Å²) in [6.07, 6.45) is 7.08. The highest BCUT2D eigenvalue weighted by atomic mass is 32.1. The van der Waals surface area contributed by atoms with E-state index in [1.807, 2.05) is 6.11 Å². The summed E-state index contributed by atoms with van der Waals surface area (Å²) in [7, 11) is 0. The average molecular weight is 195 g/mol. The van der Waals surface area contributed by atoms with Gasteiger partial charge in [0, 0.05) is 5.38 Å². The Bertz CT molecular complexity index is 377. The molecule has 1 heterocycles. The second-order valence-electron chi connectivity index (χ2n) is 1.87. The number of rotatable bonds is 3. The van der Waals surface area contributed by atoms with Gasteiger partial charge in [-0.1, -0.05) is 11.6 Å². The third-order valence-corrected chi connectivity index (χ3v) is 1.77. The van der Waals surface area contributed by atoms with Gasteiger partial charge in [-0.15, -0.1) is 11.3 Å². The first kappa shape index (κ1) is 9.22. The predicted molar refractivity (Wildman–Crippen MR) is 49.0 cm³/mol. The molecule has 0 saturated heterocycles. The van der Waals surface area contributed by atoms with E-state index in [9.17, 15) is 4.79 Å². The largest absolute Gasteiger partial charge is 0.375 e. The van der Waals surface area contributed by atoms with Gasteiger partial charge in [-0.2, -0.15) is 0 Å². The Kier molecular flexibility index (Phi) is 3.00. The summed E-state index contributed by atoms with van der Waals surface area (Å²) in [4.78, 5) is 18.5. The number of terminal acetylenes is 1. The highest BCUT2D eigenvalue weighted by Crippen LogP contribution is 2.11. The van der Waals surface area contributed by atoms with Crippen molar-refractivity contribution in [1.82, 2.24) is 4.98 Å². The molecule has 0 aliphatic rings. The van der Waals surface area contributed by atoms with Crippen molar-refractivity contribution < 1.29 is 9.63 Å². The summed E-state index contributed by atoms with van der Waals surface area (Å²) in [5, 5.41) is 5.28. The number of nitrogens with zero attached hydrogens (tertiary/aromatic N) is 2. The van der Waals surface area contributed by atoms with Crippen LogP contribution in [0.15, 0.2) is 10.5 Å². The van der Waals surface area contributed by atoms with Gasteiger partial charge >= 0.3 is 0 Å². The van der Waals surface area contributed by atoms with E-state index in [0.29, 0.717) is 17.1 Å². The van der Waals surface area contributed by atoms with E-state index in [0.717, 1.165) is 0 Å². The monoisotopic (exact) mass is 195 g/mol. The third-order valence-electron chi connectivity index (χ3n) is 1.09. The van der Waals surface area contributed by atoms with E-state index in [2.05, 4.69) is 15.0 Å². The Balaban J connectivity index is 2.91. The van der Waals surface area contributed by atoms with E-state index < -0.39 is 0 Å². The zero-order valence-corrected chi connectivity index (χ0v) is 7.25. The van der Waals surface area contributed by atoms with Gasteiger partial charge in [0.2, 0.25) is 0 Å². The van der Waals surface area contributed by atoms with Gasteiger partial charge in [0.25, 0.3) is 0 Å². The number of carbonyl (C=O) groups is 1. The molecule has 0 unspecified atom stereocenters. The number of hydrogen-bond donors (Lipinski definition) is 1. The van der Waals surface area contributed by atoms with Gasteiger partial charge in [-0.25, -0.2) is 4.98 Å². The smallest absolute Gasteiger partial charge is 0.180 e. The van der Waals surface area contributed by atoms with Crippen molar-refractivity contribution in [2.45, 2.75) is 0 Å². The summed E-state index contributed by atoms with van der Waals surface area (Å²) in [6, 6.07) is 0. The van der Waals surface area contributed by atoms with Crippen LogP contribution in [-0.4, -0.2) is 17.0 Å². The molecule has 6 heteroatoms. The van der Waals surface area contributed by atoms with Crippen LogP contribution in [0.2, 0.25) is 0 Å². The van der Waals surface area contributed by atoms with Gasteiger partial charge in [0.1, 0.15) is 11.8 Å². The van der Waals surface area contributed by atoms with Crippen molar-refractivity contribution in [3.63, 3.8) is 0 Å². The summed E-state index contributed by atoms with van der Waals surface area (Å²) in [5.74, 6) is 0. The lowest BCUT2D eigenvalue weighted by Gasteiger charge is -1.89. The van der Waals surface area contributed by atoms with Crippen LogP contribution in [0.5, 0.6) is 0 Å². The molecule has 0 atom stereocenters. The van der Waals surface area contributed by atoms with Gasteiger partial charge in [0.15, 0.2) is 17.1 Å². The molecule has 2 N–H and O–H groups in total. The maximum absolute atomic E-state index is 10.5. The second-order valence-corrected chi connectivity index (χ2v) is 2.76. The molecule has 0 aromatic carbocycles. The standard InChI is InChI=1S/C7H5N3O2S/c1-2-12-10-5(3-11)6-4-13-7(8)9-6/h1,3-4H,(H2,8,9)/b10-5+. The number of carbonyl (C=O) groups excluding carboxylic acids is 1. The first-order valence-corrected chi connectivity index (χ1v) is 4.02. The first-order valence-electron chi connectivity index (χ1n) is 3.14. The lowest BCUT2D eigenvalue weighted by Crippen LogP contribution is -2.03. The lowest BCUT2D eigenvalue weighted by molar-refractivity contribution is -0.102. The third kappa shape index (κ3) is 2.28. The summed E-state index contributed by atoms with van der Waals surface area (Å²) in [5.41, 5.74) is 5.73. The Hall–Kier alpha value is -1.87. The van der Waals surface area contributed by atoms with Crippen molar-refractivity contribution in [1.29, 1.82) is 0 Å². The van der Waals surface area contributed by atoms with E-state index in [4.69, 9.17) is 12.2 Å². The zero-order valence-electron chi connectivity index (χ0n) is 6.43. The molecule has 0 saturated carbocycles. The van der Waals surface area contributed by atoms with Crippen LogP contribution in [0.4, 0.5) is 5.13 Å². The van der Waals surface area contributed by atoms with E-state index >= 15 is 0 Å². The SMILES string of the molecule is C#CO/N=C(\C=O)c1csc(N)n1. The minimum absolute atomic E-state index is 0.0194. The highest BCUT2D eigenvalue weighted by molar-refractivity contribution is 7.13. The van der Waals surface area contributed by atoms with Crippen LogP contribution in [0.3, 0.4) is 0 Å². The Morgan fingerprint density at radius 3 is 3.15 bits per heavy atom. The molecule has 5 nitrogen and oxygen atoms in total. The van der Waals surface area contributed by atoms with Crippen LogP contribution in [0, 0.1) is 12.5 Å². The number of aldehydes is 1. The first-order chi connectivity index (χ1) is 6.27. The maximum Gasteiger partial charge on any atom is 0.180 e. The van der Waals surface area contributed by atoms with E-state index in [1.54, 1.807) is 5.38 Å². The van der Waals surface area contributed by atoms with Crippen molar-refractivity contribution in [3.8, 4) is 12.5 Å². The molecule has 13 heavy (non-hydrogen) atoms. The quantitative estimate of drug-likeness (QED) is 0.324. The average Bonchev–Trinajstić information content (AvgIpc) is 2.54. The molecule has 0 amide bonds. The van der Waals surface area contributed by atoms with Crippen molar-refractivity contribution in [2.75, 3.05) is 5.73 Å². The zero-order chi connectivity index (χ0) is 9.68. The number of aromatic nitrogens is 1. The molecule has 0 bridgehead atoms. The van der Waals surface area contributed by atoms with Crippen LogP contribution in [-0.2, 0) is 9.63 Å². The molecule has 0 fully saturated rings. The summed E-state index contributed by atoms with van der Waals surface area (Å²) < 4.78 is 0. The molecule has 0 aliphatic carbocycles. The molecular weight excluding hydrogens is 190 g/mol. The van der Waals surface area contributed by atoms with Gasteiger partial charge in [0.05, 0.1) is 0 Å².